The van der Waals surface area contributed by atoms with Crippen LogP contribution in [0.4, 0.5) is 0 Å². The van der Waals surface area contributed by atoms with Crippen LogP contribution in [0.1, 0.15) is 36.6 Å². The fourth-order valence-corrected chi connectivity index (χ4v) is 7.83. The Hall–Kier alpha value is -3.09. The number of benzene rings is 3. The van der Waals surface area contributed by atoms with E-state index in [0.717, 1.165) is 11.1 Å². The quantitative estimate of drug-likeness (QED) is 0.166. The lowest BCUT2D eigenvalue weighted by atomic mass is 9.95. The average molecular weight is 797 g/mol. The number of hydrogen-bond donors (Lipinski definition) is 0. The third-order valence-electron chi connectivity index (χ3n) is 6.95. The summed E-state index contributed by atoms with van der Waals surface area (Å²) < 4.78 is 25.7. The minimum Gasteiger partial charge on any atom is -0.493 e. The normalized spacial score (nSPS) is 14.6. The van der Waals surface area contributed by atoms with Crippen molar-refractivity contribution in [2.45, 2.75) is 26.5 Å². The Morgan fingerprint density at radius 1 is 1.04 bits per heavy atom. The van der Waals surface area contributed by atoms with Crippen LogP contribution in [0.15, 0.2) is 78.5 Å². The van der Waals surface area contributed by atoms with Crippen molar-refractivity contribution < 1.29 is 23.7 Å². The number of methoxy groups -OCH3 is 2. The Labute approximate surface area is 289 Å². The van der Waals surface area contributed by atoms with Crippen molar-refractivity contribution in [2.24, 2.45) is 4.99 Å². The van der Waals surface area contributed by atoms with Crippen molar-refractivity contribution >= 4 is 78.4 Å². The van der Waals surface area contributed by atoms with E-state index in [2.05, 4.69) is 36.9 Å². The Morgan fingerprint density at radius 3 is 2.40 bits per heavy atom. The van der Waals surface area contributed by atoms with Gasteiger partial charge in [-0.2, -0.15) is 0 Å². The lowest BCUT2D eigenvalue weighted by Gasteiger charge is -2.25. The monoisotopic (exact) mass is 794 g/mol. The standard InChI is InChI=1S/C32H26Br2Cl2N2O6S/c1-5-43-31(40)27-16(2)37-32-38(28(27)18-7-9-24(41-3)25(13-18)42-4)30(39)26(45-32)12-17-10-21(33)29(22(34)11-17)44-15-19-6-8-20(35)14-23(19)36/h6-14,28H,5,15H2,1-4H3/b26-12-/t28-/m1/s1. The highest BCUT2D eigenvalue weighted by Crippen LogP contribution is 2.37. The largest absolute Gasteiger partial charge is 0.493 e. The van der Waals surface area contributed by atoms with E-state index in [1.54, 1.807) is 57.4 Å². The average Bonchev–Trinajstić information content (AvgIpc) is 3.30. The first-order valence-corrected chi connectivity index (χ1v) is 16.7. The summed E-state index contributed by atoms with van der Waals surface area (Å²) in [5.41, 5.74) is 2.60. The molecule has 0 radical (unpaired) electrons. The molecule has 45 heavy (non-hydrogen) atoms. The van der Waals surface area contributed by atoms with Crippen molar-refractivity contribution in [1.29, 1.82) is 0 Å². The maximum Gasteiger partial charge on any atom is 0.338 e. The van der Waals surface area contributed by atoms with Gasteiger partial charge < -0.3 is 18.9 Å². The first kappa shape index (κ1) is 33.3. The van der Waals surface area contributed by atoms with E-state index < -0.39 is 12.0 Å². The summed E-state index contributed by atoms with van der Waals surface area (Å²) in [4.78, 5) is 32.4. The lowest BCUT2D eigenvalue weighted by molar-refractivity contribution is -0.139. The van der Waals surface area contributed by atoms with Gasteiger partial charge in [-0.1, -0.05) is 46.7 Å². The van der Waals surface area contributed by atoms with Crippen LogP contribution in [0.3, 0.4) is 0 Å². The van der Waals surface area contributed by atoms with E-state index in [1.807, 2.05) is 18.2 Å². The highest BCUT2D eigenvalue weighted by molar-refractivity contribution is 9.11. The van der Waals surface area contributed by atoms with E-state index >= 15 is 0 Å². The molecule has 2 heterocycles. The van der Waals surface area contributed by atoms with Gasteiger partial charge in [0.05, 0.1) is 51.6 Å². The third kappa shape index (κ3) is 6.88. The van der Waals surface area contributed by atoms with Crippen LogP contribution in [0.25, 0.3) is 6.08 Å². The van der Waals surface area contributed by atoms with Gasteiger partial charge in [-0.05, 0) is 99.3 Å². The molecule has 0 amide bonds. The van der Waals surface area contributed by atoms with Crippen molar-refractivity contribution in [3.63, 3.8) is 0 Å². The van der Waals surface area contributed by atoms with Crippen molar-refractivity contribution in [2.75, 3.05) is 20.8 Å². The van der Waals surface area contributed by atoms with Gasteiger partial charge in [-0.25, -0.2) is 9.79 Å². The summed E-state index contributed by atoms with van der Waals surface area (Å²) in [6.45, 7) is 3.87. The summed E-state index contributed by atoms with van der Waals surface area (Å²) in [5, 5.41) is 1.05. The van der Waals surface area contributed by atoms with Crippen LogP contribution >= 0.6 is 66.4 Å². The molecule has 13 heteroatoms. The van der Waals surface area contributed by atoms with Crippen molar-refractivity contribution in [1.82, 2.24) is 4.57 Å². The number of ether oxygens (including phenoxy) is 4. The summed E-state index contributed by atoms with van der Waals surface area (Å²) >= 11 is 20.7. The van der Waals surface area contributed by atoms with Gasteiger partial charge in [0.1, 0.15) is 12.4 Å². The molecule has 0 aliphatic carbocycles. The second kappa shape index (κ2) is 14.1. The number of halogens is 4. The van der Waals surface area contributed by atoms with Gasteiger partial charge in [-0.15, -0.1) is 0 Å². The number of hydrogen-bond acceptors (Lipinski definition) is 8. The Bertz CT molecular complexity index is 2000. The first-order chi connectivity index (χ1) is 21.6. The molecule has 0 spiro atoms. The molecule has 0 saturated heterocycles. The summed E-state index contributed by atoms with van der Waals surface area (Å²) in [6.07, 6.45) is 1.77. The van der Waals surface area contributed by atoms with Crippen molar-refractivity contribution in [3.8, 4) is 17.2 Å². The fourth-order valence-electron chi connectivity index (χ4n) is 4.87. The van der Waals surface area contributed by atoms with Crippen LogP contribution in [0.5, 0.6) is 17.2 Å². The summed E-state index contributed by atoms with van der Waals surface area (Å²) in [5.74, 6) is 1.01. The van der Waals surface area contributed by atoms with Crippen LogP contribution < -0.4 is 29.1 Å². The summed E-state index contributed by atoms with van der Waals surface area (Å²) in [7, 11) is 3.07. The number of fused-ring (bicyclic) bond motifs is 1. The zero-order valence-corrected chi connectivity index (χ0v) is 30.0. The van der Waals surface area contributed by atoms with Gasteiger partial charge in [0, 0.05) is 15.6 Å². The number of aromatic nitrogens is 1. The molecular formula is C32H26Br2Cl2N2O6S. The highest BCUT2D eigenvalue weighted by Gasteiger charge is 2.34. The first-order valence-electron chi connectivity index (χ1n) is 13.5. The summed E-state index contributed by atoms with van der Waals surface area (Å²) in [6, 6.07) is 13.4. The van der Waals surface area contributed by atoms with Gasteiger partial charge in [-0.3, -0.25) is 9.36 Å². The zero-order chi connectivity index (χ0) is 32.4. The number of carbonyl (C=O) groups is 1. The van der Waals surface area contributed by atoms with E-state index in [4.69, 9.17) is 42.1 Å². The molecule has 0 N–H and O–H groups in total. The smallest absolute Gasteiger partial charge is 0.338 e. The molecule has 5 rings (SSSR count). The van der Waals surface area contributed by atoms with Gasteiger partial charge in [0.15, 0.2) is 16.3 Å². The molecule has 8 nitrogen and oxygen atoms in total. The Balaban J connectivity index is 1.57. The molecule has 1 aliphatic rings. The molecule has 3 aromatic carbocycles. The van der Waals surface area contributed by atoms with Crippen LogP contribution in [-0.4, -0.2) is 31.4 Å². The zero-order valence-electron chi connectivity index (χ0n) is 24.5. The third-order valence-corrected chi connectivity index (χ3v) is 9.69. The predicted octanol–water partition coefficient (Wildman–Crippen LogP) is 7.23. The molecule has 4 aromatic rings. The van der Waals surface area contributed by atoms with Crippen molar-refractivity contribution in [3.05, 3.63) is 115 Å². The maximum absolute atomic E-state index is 14.0. The van der Waals surface area contributed by atoms with Gasteiger partial charge >= 0.3 is 5.97 Å². The second-order valence-electron chi connectivity index (χ2n) is 9.75. The number of carbonyl (C=O) groups excluding carboxylic acids is 1. The molecule has 1 aromatic heterocycles. The molecular weight excluding hydrogens is 771 g/mol. The van der Waals surface area contributed by atoms with Gasteiger partial charge in [0.25, 0.3) is 5.56 Å². The van der Waals surface area contributed by atoms with Crippen LogP contribution in [-0.2, 0) is 16.1 Å². The topological polar surface area (TPSA) is 88.4 Å². The van der Waals surface area contributed by atoms with E-state index in [-0.39, 0.29) is 24.3 Å². The molecule has 0 bridgehead atoms. The molecule has 1 aliphatic heterocycles. The Kier molecular flexibility index (Phi) is 10.4. The highest BCUT2D eigenvalue weighted by atomic mass is 79.9. The number of allylic oxidation sites excluding steroid dienone is 1. The fraction of sp³-hybridized carbons (Fsp3) is 0.219. The van der Waals surface area contributed by atoms with E-state index in [0.29, 0.717) is 56.8 Å². The Morgan fingerprint density at radius 2 is 1.76 bits per heavy atom. The SMILES string of the molecule is CCOC(=O)C1=C(C)N=c2s/c(=C\c3cc(Br)c(OCc4ccc(Cl)cc4Cl)c(Br)c3)c(=O)n2[C@@H]1c1ccc(OC)c(OC)c1. The van der Waals surface area contributed by atoms with Gasteiger partial charge in [0.2, 0.25) is 0 Å². The predicted molar refractivity (Wildman–Crippen MR) is 183 cm³/mol. The molecule has 0 unspecified atom stereocenters. The van der Waals surface area contributed by atoms with E-state index in [1.165, 1.54) is 23.0 Å². The minimum atomic E-state index is -0.795. The molecule has 0 fully saturated rings. The second-order valence-corrected chi connectivity index (χ2v) is 13.3. The molecule has 0 saturated carbocycles. The number of nitrogens with zero attached hydrogens (tertiary/aromatic N) is 2. The minimum absolute atomic E-state index is 0.175. The number of rotatable bonds is 9. The van der Waals surface area contributed by atoms with Crippen LogP contribution in [0, 0.1) is 0 Å². The molecule has 1 atom stereocenters. The van der Waals surface area contributed by atoms with E-state index in [9.17, 15) is 9.59 Å². The number of thiazole rings is 1. The lowest BCUT2D eigenvalue weighted by Crippen LogP contribution is -2.40. The molecule has 234 valence electrons. The van der Waals surface area contributed by atoms with Crippen LogP contribution in [0.2, 0.25) is 10.0 Å². The maximum atomic E-state index is 14.0. The number of esters is 1.